The summed E-state index contributed by atoms with van der Waals surface area (Å²) in [7, 11) is 0. The van der Waals surface area contributed by atoms with Crippen LogP contribution in [0.4, 0.5) is 5.69 Å². The molecular weight excluding hydrogens is 252 g/mol. The summed E-state index contributed by atoms with van der Waals surface area (Å²) < 4.78 is 5.42. The molecule has 0 aliphatic rings. The van der Waals surface area contributed by atoms with Crippen molar-refractivity contribution in [3.8, 4) is 0 Å². The van der Waals surface area contributed by atoms with Gasteiger partial charge in [0.15, 0.2) is 5.76 Å². The fraction of sp³-hybridized carbons (Fsp3) is 0.312. The highest BCUT2D eigenvalue weighted by Gasteiger charge is 2.14. The molecule has 2 rings (SSSR count). The number of nitrogens with one attached hydrogen (secondary N) is 2. The van der Waals surface area contributed by atoms with E-state index < -0.39 is 0 Å². The SMILES string of the molecule is CCNCc1cccc(NC(=O)c2oc(C)cc2C)c1. The second-order valence-electron chi connectivity index (χ2n) is 4.80. The predicted octanol–water partition coefficient (Wildman–Crippen LogP) is 3.26. The fourth-order valence-corrected chi connectivity index (χ4v) is 2.08. The standard InChI is InChI=1S/C16H20N2O2/c1-4-17-10-13-6-5-7-14(9-13)18-16(19)15-11(2)8-12(3)20-15/h5-9,17H,4,10H2,1-3H3,(H,18,19). The van der Waals surface area contributed by atoms with Crippen molar-refractivity contribution in [2.45, 2.75) is 27.3 Å². The van der Waals surface area contributed by atoms with Gasteiger partial charge < -0.3 is 15.1 Å². The van der Waals surface area contributed by atoms with E-state index in [9.17, 15) is 4.79 Å². The van der Waals surface area contributed by atoms with Crippen LogP contribution in [0.2, 0.25) is 0 Å². The van der Waals surface area contributed by atoms with Gasteiger partial charge in [-0.3, -0.25) is 4.79 Å². The van der Waals surface area contributed by atoms with Crippen molar-refractivity contribution >= 4 is 11.6 Å². The molecule has 1 amide bonds. The third-order valence-electron chi connectivity index (χ3n) is 3.01. The molecule has 1 heterocycles. The van der Waals surface area contributed by atoms with Crippen LogP contribution in [-0.4, -0.2) is 12.5 Å². The average Bonchev–Trinajstić information content (AvgIpc) is 2.76. The van der Waals surface area contributed by atoms with Gasteiger partial charge in [-0.1, -0.05) is 19.1 Å². The largest absolute Gasteiger partial charge is 0.456 e. The number of anilines is 1. The van der Waals surface area contributed by atoms with Gasteiger partial charge in [-0.05, 0) is 44.2 Å². The number of rotatable bonds is 5. The Bertz CT molecular complexity index is 602. The summed E-state index contributed by atoms with van der Waals surface area (Å²) in [6, 6.07) is 9.66. The third kappa shape index (κ3) is 3.48. The van der Waals surface area contributed by atoms with Crippen molar-refractivity contribution in [2.24, 2.45) is 0 Å². The molecule has 0 saturated heterocycles. The minimum atomic E-state index is -0.212. The third-order valence-corrected chi connectivity index (χ3v) is 3.01. The van der Waals surface area contributed by atoms with Crippen LogP contribution in [0, 0.1) is 13.8 Å². The first-order chi connectivity index (χ1) is 9.60. The van der Waals surface area contributed by atoms with Crippen LogP contribution < -0.4 is 10.6 Å². The van der Waals surface area contributed by atoms with Crippen molar-refractivity contribution in [2.75, 3.05) is 11.9 Å². The Kier molecular flexibility index (Phi) is 4.58. The normalized spacial score (nSPS) is 10.6. The number of hydrogen-bond acceptors (Lipinski definition) is 3. The molecule has 20 heavy (non-hydrogen) atoms. The van der Waals surface area contributed by atoms with Gasteiger partial charge >= 0.3 is 0 Å². The number of carbonyl (C=O) groups excluding carboxylic acids is 1. The van der Waals surface area contributed by atoms with Crippen LogP contribution in [0.3, 0.4) is 0 Å². The number of benzene rings is 1. The van der Waals surface area contributed by atoms with Gasteiger partial charge in [0, 0.05) is 17.8 Å². The highest BCUT2D eigenvalue weighted by molar-refractivity contribution is 6.03. The lowest BCUT2D eigenvalue weighted by atomic mass is 10.2. The van der Waals surface area contributed by atoms with Crippen molar-refractivity contribution in [3.63, 3.8) is 0 Å². The van der Waals surface area contributed by atoms with Crippen molar-refractivity contribution in [1.29, 1.82) is 0 Å². The molecule has 0 bridgehead atoms. The quantitative estimate of drug-likeness (QED) is 0.878. The first-order valence-corrected chi connectivity index (χ1v) is 6.78. The molecule has 0 radical (unpaired) electrons. The molecule has 0 aliphatic heterocycles. The van der Waals surface area contributed by atoms with E-state index in [1.165, 1.54) is 0 Å². The molecule has 0 fully saturated rings. The zero-order valence-corrected chi connectivity index (χ0v) is 12.1. The summed E-state index contributed by atoms with van der Waals surface area (Å²) in [5, 5.41) is 6.13. The van der Waals surface area contributed by atoms with Gasteiger partial charge in [0.1, 0.15) is 5.76 Å². The number of furan rings is 1. The van der Waals surface area contributed by atoms with E-state index in [-0.39, 0.29) is 5.91 Å². The van der Waals surface area contributed by atoms with E-state index >= 15 is 0 Å². The van der Waals surface area contributed by atoms with Gasteiger partial charge in [-0.2, -0.15) is 0 Å². The van der Waals surface area contributed by atoms with E-state index in [4.69, 9.17) is 4.42 Å². The molecule has 2 aromatic rings. The Balaban J connectivity index is 2.09. The minimum Gasteiger partial charge on any atom is -0.456 e. The van der Waals surface area contributed by atoms with Gasteiger partial charge in [-0.25, -0.2) is 0 Å². The Labute approximate surface area is 119 Å². The monoisotopic (exact) mass is 272 g/mol. The molecule has 4 heteroatoms. The van der Waals surface area contributed by atoms with Crippen LogP contribution in [-0.2, 0) is 6.54 Å². The molecule has 0 spiro atoms. The van der Waals surface area contributed by atoms with Crippen LogP contribution in [0.5, 0.6) is 0 Å². The Morgan fingerprint density at radius 2 is 2.05 bits per heavy atom. The van der Waals surface area contributed by atoms with Crippen LogP contribution in [0.15, 0.2) is 34.7 Å². The molecule has 1 aromatic heterocycles. The first kappa shape index (κ1) is 14.3. The van der Waals surface area contributed by atoms with E-state index in [1.807, 2.05) is 44.2 Å². The molecule has 106 valence electrons. The van der Waals surface area contributed by atoms with Crippen LogP contribution >= 0.6 is 0 Å². The molecule has 0 unspecified atom stereocenters. The number of amides is 1. The molecule has 0 aliphatic carbocycles. The first-order valence-electron chi connectivity index (χ1n) is 6.78. The highest BCUT2D eigenvalue weighted by Crippen LogP contribution is 2.17. The number of carbonyl (C=O) groups is 1. The lowest BCUT2D eigenvalue weighted by molar-refractivity contribution is 0.0994. The summed E-state index contributed by atoms with van der Waals surface area (Å²) in [6.07, 6.45) is 0. The highest BCUT2D eigenvalue weighted by atomic mass is 16.3. The Hall–Kier alpha value is -2.07. The maximum atomic E-state index is 12.2. The number of aryl methyl sites for hydroxylation is 2. The van der Waals surface area contributed by atoms with Crippen molar-refractivity contribution in [3.05, 3.63) is 53.0 Å². The molecule has 1 aromatic carbocycles. The average molecular weight is 272 g/mol. The Morgan fingerprint density at radius 1 is 1.25 bits per heavy atom. The molecule has 4 nitrogen and oxygen atoms in total. The maximum absolute atomic E-state index is 12.2. The zero-order valence-electron chi connectivity index (χ0n) is 12.1. The van der Waals surface area contributed by atoms with E-state index in [0.717, 1.165) is 35.7 Å². The van der Waals surface area contributed by atoms with Crippen molar-refractivity contribution in [1.82, 2.24) is 5.32 Å². The topological polar surface area (TPSA) is 54.3 Å². The maximum Gasteiger partial charge on any atom is 0.291 e. The molecular formula is C16H20N2O2. The predicted molar refractivity (Wildman–Crippen MR) is 80.0 cm³/mol. The summed E-state index contributed by atoms with van der Waals surface area (Å²) >= 11 is 0. The van der Waals surface area contributed by atoms with E-state index in [1.54, 1.807) is 0 Å². The summed E-state index contributed by atoms with van der Waals surface area (Å²) in [6.45, 7) is 7.47. The summed E-state index contributed by atoms with van der Waals surface area (Å²) in [5.41, 5.74) is 2.76. The van der Waals surface area contributed by atoms with Gasteiger partial charge in [0.05, 0.1) is 0 Å². The van der Waals surface area contributed by atoms with E-state index in [0.29, 0.717) is 5.76 Å². The van der Waals surface area contributed by atoms with Gasteiger partial charge in [0.2, 0.25) is 0 Å². The minimum absolute atomic E-state index is 0.212. The lowest BCUT2D eigenvalue weighted by Crippen LogP contribution is -2.14. The fourth-order valence-electron chi connectivity index (χ4n) is 2.08. The second-order valence-corrected chi connectivity index (χ2v) is 4.80. The van der Waals surface area contributed by atoms with Crippen molar-refractivity contribution < 1.29 is 9.21 Å². The smallest absolute Gasteiger partial charge is 0.291 e. The van der Waals surface area contributed by atoms with Crippen LogP contribution in [0.25, 0.3) is 0 Å². The van der Waals surface area contributed by atoms with Gasteiger partial charge in [-0.15, -0.1) is 0 Å². The summed E-state index contributed by atoms with van der Waals surface area (Å²) in [4.78, 5) is 12.2. The van der Waals surface area contributed by atoms with E-state index in [2.05, 4.69) is 17.6 Å². The molecule has 2 N–H and O–H groups in total. The summed E-state index contributed by atoms with van der Waals surface area (Å²) in [5.74, 6) is 0.907. The lowest BCUT2D eigenvalue weighted by Gasteiger charge is -2.07. The Morgan fingerprint density at radius 3 is 2.70 bits per heavy atom. The number of hydrogen-bond donors (Lipinski definition) is 2. The molecule has 0 saturated carbocycles. The zero-order chi connectivity index (χ0) is 14.5. The van der Waals surface area contributed by atoms with Crippen LogP contribution in [0.1, 0.15) is 34.4 Å². The van der Waals surface area contributed by atoms with Gasteiger partial charge in [0.25, 0.3) is 5.91 Å². The molecule has 0 atom stereocenters. The second kappa shape index (κ2) is 6.39.